The molecule has 3 aromatic carbocycles. The molecule has 0 N–H and O–H groups in total. The van der Waals surface area contributed by atoms with Crippen LogP contribution in [0.4, 0.5) is 10.5 Å². The zero-order valence-electron chi connectivity index (χ0n) is 28.6. The first-order valence-corrected chi connectivity index (χ1v) is 18.0. The molecule has 3 aromatic rings. The van der Waals surface area contributed by atoms with E-state index in [1.807, 2.05) is 0 Å². The van der Waals surface area contributed by atoms with Crippen molar-refractivity contribution in [2.45, 2.75) is 36.3 Å². The third-order valence-electron chi connectivity index (χ3n) is 9.68. The zero-order chi connectivity index (χ0) is 35.6. The number of likely N-dealkylation sites (tertiary alicyclic amines) is 1. The molecule has 0 saturated carbocycles. The van der Waals surface area contributed by atoms with Gasteiger partial charge in [-0.05, 0) is 76.3 Å². The highest BCUT2D eigenvalue weighted by atomic mass is 32.2. The van der Waals surface area contributed by atoms with Crippen LogP contribution in [0, 0.1) is 11.3 Å². The number of hydrogen-bond acceptors (Lipinski definition) is 11. The molecule has 3 aliphatic heterocycles. The van der Waals surface area contributed by atoms with Crippen molar-refractivity contribution in [3.05, 3.63) is 77.4 Å². The van der Waals surface area contributed by atoms with E-state index in [9.17, 15) is 18.5 Å². The van der Waals surface area contributed by atoms with E-state index in [1.54, 1.807) is 36.1 Å². The number of amides is 2. The maximum Gasteiger partial charge on any atom is 0.411 e. The monoisotopic (exact) mass is 703 g/mol. The summed E-state index contributed by atoms with van der Waals surface area (Å²) < 4.78 is 52.9. The van der Waals surface area contributed by atoms with Crippen molar-refractivity contribution in [3.63, 3.8) is 0 Å². The summed E-state index contributed by atoms with van der Waals surface area (Å²) in [6, 6.07) is 17.4. The molecule has 1 atom stereocenters. The van der Waals surface area contributed by atoms with Crippen molar-refractivity contribution in [1.82, 2.24) is 14.7 Å². The van der Waals surface area contributed by atoms with Crippen LogP contribution in [0.15, 0.2) is 65.6 Å². The quantitative estimate of drug-likeness (QED) is 0.321. The molecule has 0 radical (unpaired) electrons. The number of para-hydroxylation sites is 1. The van der Waals surface area contributed by atoms with Crippen molar-refractivity contribution in [2.75, 3.05) is 71.4 Å². The predicted octanol–water partition coefficient (Wildman–Crippen LogP) is 3.80. The molecule has 3 aliphatic rings. The molecule has 50 heavy (non-hydrogen) atoms. The minimum absolute atomic E-state index is 0.0115. The number of carbonyl (C=O) groups is 2. The van der Waals surface area contributed by atoms with Gasteiger partial charge in [-0.25, -0.2) is 13.2 Å². The second-order valence-electron chi connectivity index (χ2n) is 12.5. The van der Waals surface area contributed by atoms with Gasteiger partial charge >= 0.3 is 6.09 Å². The Kier molecular flexibility index (Phi) is 9.93. The number of anilines is 1. The molecule has 3 heterocycles. The zero-order valence-corrected chi connectivity index (χ0v) is 29.4. The van der Waals surface area contributed by atoms with Gasteiger partial charge in [0.25, 0.3) is 15.9 Å². The van der Waals surface area contributed by atoms with Gasteiger partial charge in [-0.15, -0.1) is 0 Å². The predicted molar refractivity (Wildman–Crippen MR) is 184 cm³/mol. The molecule has 264 valence electrons. The summed E-state index contributed by atoms with van der Waals surface area (Å²) >= 11 is 0. The first kappa shape index (κ1) is 35.0. The van der Waals surface area contributed by atoms with Crippen molar-refractivity contribution in [1.29, 1.82) is 5.26 Å². The lowest BCUT2D eigenvalue weighted by Crippen LogP contribution is -2.55. The summed E-state index contributed by atoms with van der Waals surface area (Å²) in [4.78, 5) is 35.3. The summed E-state index contributed by atoms with van der Waals surface area (Å²) in [6.45, 7) is 5.99. The number of piperazine rings is 1. The Bertz CT molecular complexity index is 1920. The first-order valence-electron chi connectivity index (χ1n) is 16.6. The van der Waals surface area contributed by atoms with E-state index in [1.165, 1.54) is 50.6 Å². The lowest BCUT2D eigenvalue weighted by molar-refractivity contribution is -0.132. The minimum atomic E-state index is -4.74. The molecule has 0 aliphatic carbocycles. The van der Waals surface area contributed by atoms with Gasteiger partial charge in [-0.3, -0.25) is 9.69 Å². The van der Waals surface area contributed by atoms with Crippen molar-refractivity contribution < 1.29 is 37.0 Å². The van der Waals surface area contributed by atoms with E-state index in [-0.39, 0.29) is 51.1 Å². The Hall–Kier alpha value is -4.84. The van der Waals surface area contributed by atoms with Crippen LogP contribution < -0.4 is 18.5 Å². The molecule has 0 bridgehead atoms. The van der Waals surface area contributed by atoms with E-state index >= 15 is 4.79 Å². The molecule has 1 unspecified atom stereocenters. The standard InChI is InChI=1S/C36H41N5O8S/c1-5-48-31-9-7-6-8-28(31)36(49-35(43)40-20-18-39(19-21-40)26-14-16-38(2)17-15-26)29-22-25(24-37)10-12-30(29)41(34(36)42)50(44,45)33-23-27(46-3)11-13-32(33)47-4/h6-13,22-23,26H,5,14-21H2,1-4H3. The number of hydrogen-bond donors (Lipinski definition) is 0. The summed E-state index contributed by atoms with van der Waals surface area (Å²) in [5, 5.41) is 9.93. The Morgan fingerprint density at radius 3 is 2.30 bits per heavy atom. The maximum absolute atomic E-state index is 15.1. The highest BCUT2D eigenvalue weighted by Crippen LogP contribution is 2.52. The van der Waals surface area contributed by atoms with Crippen molar-refractivity contribution >= 4 is 27.7 Å². The molecular weight excluding hydrogens is 662 g/mol. The number of carbonyl (C=O) groups excluding carboxylic acids is 2. The van der Waals surface area contributed by atoms with E-state index < -0.39 is 27.6 Å². The van der Waals surface area contributed by atoms with Crippen LogP contribution in [0.3, 0.4) is 0 Å². The molecule has 0 spiro atoms. The largest absolute Gasteiger partial charge is 0.497 e. The Morgan fingerprint density at radius 1 is 0.920 bits per heavy atom. The van der Waals surface area contributed by atoms with Crippen molar-refractivity contribution in [2.24, 2.45) is 0 Å². The Balaban J connectivity index is 1.46. The average Bonchev–Trinajstić information content (AvgIpc) is 3.39. The van der Waals surface area contributed by atoms with Crippen LogP contribution in [0.5, 0.6) is 17.2 Å². The highest BCUT2D eigenvalue weighted by Gasteiger charge is 2.61. The lowest BCUT2D eigenvalue weighted by Gasteiger charge is -2.42. The molecule has 0 aromatic heterocycles. The van der Waals surface area contributed by atoms with Crippen LogP contribution in [-0.4, -0.2) is 108 Å². The maximum atomic E-state index is 15.1. The number of fused-ring (bicyclic) bond motifs is 1. The fraction of sp³-hybridized carbons (Fsp3) is 0.417. The summed E-state index contributed by atoms with van der Waals surface area (Å²) in [7, 11) is 0.0774. The third kappa shape index (κ3) is 6.10. The van der Waals surface area contributed by atoms with Crippen molar-refractivity contribution in [3.8, 4) is 23.3 Å². The number of piperidine rings is 1. The van der Waals surface area contributed by atoms with Gasteiger partial charge < -0.3 is 28.7 Å². The number of ether oxygens (including phenoxy) is 4. The third-order valence-corrected chi connectivity index (χ3v) is 11.4. The SMILES string of the molecule is CCOc1ccccc1C1(OC(=O)N2CCN(C3CCN(C)CC3)CC2)C(=O)N(S(=O)(=O)c2cc(OC)ccc2OC)c2ccc(C#N)cc21. The first-order chi connectivity index (χ1) is 24.1. The molecule has 2 fully saturated rings. The molecule has 13 nitrogen and oxygen atoms in total. The molecule has 2 saturated heterocycles. The van der Waals surface area contributed by atoms with Crippen LogP contribution in [0.1, 0.15) is 36.5 Å². The number of rotatable bonds is 9. The van der Waals surface area contributed by atoms with E-state index in [4.69, 9.17) is 18.9 Å². The Labute approximate surface area is 292 Å². The van der Waals surface area contributed by atoms with Crippen LogP contribution in [0.25, 0.3) is 0 Å². The second kappa shape index (κ2) is 14.2. The van der Waals surface area contributed by atoms with E-state index in [0.29, 0.717) is 36.5 Å². The fourth-order valence-corrected chi connectivity index (χ4v) is 8.67. The number of sulfonamides is 1. The number of methoxy groups -OCH3 is 2. The van der Waals surface area contributed by atoms with Gasteiger partial charge in [0, 0.05) is 43.9 Å². The summed E-state index contributed by atoms with van der Waals surface area (Å²) in [5.41, 5.74) is -2.15. The number of benzene rings is 3. The molecular formula is C36H41N5O8S. The normalized spacial score (nSPS) is 20.3. The number of nitrogens with zero attached hydrogens (tertiary/aromatic N) is 5. The lowest BCUT2D eigenvalue weighted by atomic mass is 9.85. The van der Waals surface area contributed by atoms with E-state index in [2.05, 4.69) is 22.9 Å². The van der Waals surface area contributed by atoms with Crippen LogP contribution in [-0.2, 0) is 25.2 Å². The van der Waals surface area contributed by atoms with Gasteiger partial charge in [-0.1, -0.05) is 18.2 Å². The molecule has 2 amide bonds. The highest BCUT2D eigenvalue weighted by molar-refractivity contribution is 7.93. The van der Waals surface area contributed by atoms with E-state index in [0.717, 1.165) is 25.9 Å². The second-order valence-corrected chi connectivity index (χ2v) is 14.2. The average molecular weight is 704 g/mol. The smallest absolute Gasteiger partial charge is 0.411 e. The minimum Gasteiger partial charge on any atom is -0.497 e. The number of nitriles is 1. The topological polar surface area (TPSA) is 142 Å². The molecule has 14 heteroatoms. The van der Waals surface area contributed by atoms with Gasteiger partial charge in [-0.2, -0.15) is 9.57 Å². The summed E-state index contributed by atoms with van der Waals surface area (Å²) in [6.07, 6.45) is 1.31. The van der Waals surface area contributed by atoms with Gasteiger partial charge in [0.1, 0.15) is 22.1 Å². The van der Waals surface area contributed by atoms with Gasteiger partial charge in [0.15, 0.2) is 0 Å². The van der Waals surface area contributed by atoms with Gasteiger partial charge in [0.2, 0.25) is 5.60 Å². The fourth-order valence-electron chi connectivity index (χ4n) is 7.03. The van der Waals surface area contributed by atoms with Crippen LogP contribution >= 0.6 is 0 Å². The van der Waals surface area contributed by atoms with Crippen LogP contribution in [0.2, 0.25) is 0 Å². The summed E-state index contributed by atoms with van der Waals surface area (Å²) in [5.74, 6) is -0.664. The molecule has 6 rings (SSSR count). The van der Waals surface area contributed by atoms with Gasteiger partial charge in [0.05, 0.1) is 43.7 Å². The Morgan fingerprint density at radius 2 is 1.64 bits per heavy atom.